The van der Waals surface area contributed by atoms with E-state index < -0.39 is 0 Å². The van der Waals surface area contributed by atoms with Gasteiger partial charge >= 0.3 is 0 Å². The van der Waals surface area contributed by atoms with Crippen molar-refractivity contribution in [2.45, 2.75) is 6.61 Å². The number of benzene rings is 3. The molecule has 138 valence electrons. The molecule has 0 aliphatic carbocycles. The number of ether oxygens (including phenoxy) is 2. The molecule has 0 atom stereocenters. The molecule has 0 aliphatic rings. The number of phenols is 1. The third-order valence-corrected chi connectivity index (χ3v) is 4.23. The molecule has 0 spiro atoms. The normalized spacial score (nSPS) is 10.9. The van der Waals surface area contributed by atoms with Gasteiger partial charge in [-0.15, -0.1) is 0 Å². The second kappa shape index (κ2) is 8.68. The summed E-state index contributed by atoms with van der Waals surface area (Å²) in [7, 11) is 1.49. The quantitative estimate of drug-likeness (QED) is 0.516. The zero-order chi connectivity index (χ0) is 19.2. The third-order valence-electron chi connectivity index (χ3n) is 3.77. The Morgan fingerprint density at radius 2 is 1.89 bits per heavy atom. The minimum atomic E-state index is -0.284. The number of methoxy groups -OCH3 is 1. The zero-order valence-corrected chi connectivity index (χ0v) is 16.1. The van der Waals surface area contributed by atoms with Gasteiger partial charge in [0.05, 0.1) is 12.8 Å². The zero-order valence-electron chi connectivity index (χ0n) is 14.5. The summed E-state index contributed by atoms with van der Waals surface area (Å²) in [6.07, 6.45) is 1.56. The van der Waals surface area contributed by atoms with Gasteiger partial charge in [0.25, 0.3) is 0 Å². The Morgan fingerprint density at radius 3 is 2.59 bits per heavy atom. The topological polar surface area (TPSA) is 51.0 Å². The van der Waals surface area contributed by atoms with Crippen molar-refractivity contribution in [3.05, 3.63) is 82.1 Å². The number of rotatable bonds is 6. The van der Waals surface area contributed by atoms with E-state index in [1.807, 2.05) is 0 Å². The van der Waals surface area contributed by atoms with Gasteiger partial charge in [0, 0.05) is 16.3 Å². The van der Waals surface area contributed by atoms with E-state index in [4.69, 9.17) is 9.47 Å². The Labute approximate surface area is 165 Å². The second-order valence-electron chi connectivity index (χ2n) is 5.72. The Balaban J connectivity index is 1.67. The van der Waals surface area contributed by atoms with Crippen molar-refractivity contribution in [1.82, 2.24) is 0 Å². The molecule has 27 heavy (non-hydrogen) atoms. The maximum Gasteiger partial charge on any atom is 0.166 e. The summed E-state index contributed by atoms with van der Waals surface area (Å²) in [6, 6.07) is 16.9. The number of halogens is 2. The summed E-state index contributed by atoms with van der Waals surface area (Å²) < 4.78 is 24.7. The fourth-order valence-electron chi connectivity index (χ4n) is 2.41. The molecule has 3 rings (SSSR count). The fraction of sp³-hybridized carbons (Fsp3) is 0.0952. The summed E-state index contributed by atoms with van der Waals surface area (Å²) in [5.41, 5.74) is 2.00. The van der Waals surface area contributed by atoms with Gasteiger partial charge in [-0.1, -0.05) is 28.1 Å². The maximum absolute atomic E-state index is 13.2. The van der Waals surface area contributed by atoms with Crippen LogP contribution < -0.4 is 9.47 Å². The number of hydrogen-bond acceptors (Lipinski definition) is 4. The lowest BCUT2D eigenvalue weighted by Crippen LogP contribution is -1.95. The van der Waals surface area contributed by atoms with E-state index in [9.17, 15) is 9.50 Å². The summed E-state index contributed by atoms with van der Waals surface area (Å²) in [4.78, 5) is 4.36. The molecule has 0 heterocycles. The molecule has 3 aromatic rings. The molecular weight excluding hydrogens is 413 g/mol. The van der Waals surface area contributed by atoms with Gasteiger partial charge in [-0.3, -0.25) is 4.99 Å². The van der Waals surface area contributed by atoms with Crippen LogP contribution in [0.4, 0.5) is 10.1 Å². The Morgan fingerprint density at radius 1 is 1.11 bits per heavy atom. The molecule has 0 fully saturated rings. The van der Waals surface area contributed by atoms with Crippen LogP contribution in [0.2, 0.25) is 0 Å². The number of nitrogens with zero attached hydrogens (tertiary/aromatic N) is 1. The van der Waals surface area contributed by atoms with Gasteiger partial charge < -0.3 is 14.6 Å². The lowest BCUT2D eigenvalue weighted by atomic mass is 10.2. The van der Waals surface area contributed by atoms with Crippen molar-refractivity contribution in [3.8, 4) is 17.2 Å². The van der Waals surface area contributed by atoms with Gasteiger partial charge in [0.2, 0.25) is 0 Å². The number of aromatic hydroxyl groups is 1. The summed E-state index contributed by atoms with van der Waals surface area (Å²) in [6.45, 7) is 0.284. The average molecular weight is 430 g/mol. The van der Waals surface area contributed by atoms with Gasteiger partial charge in [-0.25, -0.2) is 4.39 Å². The van der Waals surface area contributed by atoms with Gasteiger partial charge in [-0.2, -0.15) is 0 Å². The largest absolute Gasteiger partial charge is 0.504 e. The third kappa shape index (κ3) is 5.08. The average Bonchev–Trinajstić information content (AvgIpc) is 2.67. The molecule has 0 bridgehead atoms. The van der Waals surface area contributed by atoms with E-state index in [0.29, 0.717) is 22.7 Å². The van der Waals surface area contributed by atoms with E-state index in [0.717, 1.165) is 10.0 Å². The van der Waals surface area contributed by atoms with Gasteiger partial charge in [-0.05, 0) is 54.1 Å². The second-order valence-corrected chi connectivity index (χ2v) is 6.63. The first-order valence-corrected chi connectivity index (χ1v) is 8.92. The van der Waals surface area contributed by atoms with Crippen molar-refractivity contribution in [2.24, 2.45) is 4.99 Å². The molecule has 4 nitrogen and oxygen atoms in total. The molecule has 0 saturated carbocycles. The van der Waals surface area contributed by atoms with Crippen LogP contribution in [0, 0.1) is 5.82 Å². The minimum Gasteiger partial charge on any atom is -0.504 e. The number of aliphatic imine (C=N–C) groups is 1. The predicted octanol–water partition coefficient (Wildman–Crippen LogP) is 5.63. The molecule has 1 N–H and O–H groups in total. The van der Waals surface area contributed by atoms with Crippen molar-refractivity contribution in [1.29, 1.82) is 0 Å². The van der Waals surface area contributed by atoms with Crippen molar-refractivity contribution < 1.29 is 19.0 Å². The van der Waals surface area contributed by atoms with Crippen LogP contribution >= 0.6 is 15.9 Å². The van der Waals surface area contributed by atoms with Crippen LogP contribution in [0.5, 0.6) is 17.2 Å². The van der Waals surface area contributed by atoms with Crippen LogP contribution in [0.1, 0.15) is 11.1 Å². The van der Waals surface area contributed by atoms with Crippen LogP contribution in [0.15, 0.2) is 70.1 Å². The Hall–Kier alpha value is -2.86. The molecule has 3 aromatic carbocycles. The smallest absolute Gasteiger partial charge is 0.166 e. The van der Waals surface area contributed by atoms with Crippen LogP contribution in [0.25, 0.3) is 0 Å². The summed E-state index contributed by atoms with van der Waals surface area (Å²) in [5, 5.41) is 10.1. The molecule has 0 radical (unpaired) electrons. The highest BCUT2D eigenvalue weighted by molar-refractivity contribution is 9.10. The molecule has 0 aromatic heterocycles. The fourth-order valence-corrected chi connectivity index (χ4v) is 2.87. The Kier molecular flexibility index (Phi) is 6.08. The van der Waals surface area contributed by atoms with Crippen LogP contribution in [-0.2, 0) is 6.61 Å². The summed E-state index contributed by atoms with van der Waals surface area (Å²) in [5.74, 6) is 0.768. The first-order chi connectivity index (χ1) is 13.0. The number of hydrogen-bond donors (Lipinski definition) is 1. The highest BCUT2D eigenvalue weighted by Crippen LogP contribution is 2.33. The predicted molar refractivity (Wildman–Crippen MR) is 107 cm³/mol. The van der Waals surface area contributed by atoms with E-state index in [-0.39, 0.29) is 18.2 Å². The van der Waals surface area contributed by atoms with Crippen molar-refractivity contribution in [3.63, 3.8) is 0 Å². The van der Waals surface area contributed by atoms with Crippen LogP contribution in [0.3, 0.4) is 0 Å². The molecule has 6 heteroatoms. The summed E-state index contributed by atoms with van der Waals surface area (Å²) >= 11 is 3.37. The lowest BCUT2D eigenvalue weighted by Gasteiger charge is -2.07. The van der Waals surface area contributed by atoms with E-state index in [1.165, 1.54) is 19.2 Å². The van der Waals surface area contributed by atoms with E-state index in [2.05, 4.69) is 20.9 Å². The van der Waals surface area contributed by atoms with Gasteiger partial charge in [0.15, 0.2) is 11.5 Å². The van der Waals surface area contributed by atoms with Gasteiger partial charge in [0.1, 0.15) is 18.2 Å². The van der Waals surface area contributed by atoms with Crippen LogP contribution in [-0.4, -0.2) is 18.4 Å². The maximum atomic E-state index is 13.2. The monoisotopic (exact) mass is 429 g/mol. The first kappa shape index (κ1) is 18.9. The highest BCUT2D eigenvalue weighted by atomic mass is 79.9. The van der Waals surface area contributed by atoms with E-state index >= 15 is 0 Å². The highest BCUT2D eigenvalue weighted by Gasteiger charge is 2.08. The standard InChI is InChI=1S/C21H17BrFNO3/c1-26-20-11-16(22)10-15(21(20)25)12-24-18-5-7-19(8-6-18)27-13-14-3-2-4-17(23)9-14/h2-12,25H,13H2,1H3. The van der Waals surface area contributed by atoms with E-state index in [1.54, 1.807) is 54.7 Å². The lowest BCUT2D eigenvalue weighted by molar-refractivity contribution is 0.305. The first-order valence-electron chi connectivity index (χ1n) is 8.13. The molecular formula is C21H17BrFNO3. The van der Waals surface area contributed by atoms with Crippen molar-refractivity contribution in [2.75, 3.05) is 7.11 Å². The van der Waals surface area contributed by atoms with Crippen molar-refractivity contribution >= 4 is 27.8 Å². The minimum absolute atomic E-state index is 0.0273. The number of phenolic OH excluding ortho intramolecular Hbond substituents is 1. The molecule has 0 aliphatic heterocycles. The molecule has 0 amide bonds. The molecule has 0 unspecified atom stereocenters. The molecule has 0 saturated heterocycles. The SMILES string of the molecule is COc1cc(Br)cc(C=Nc2ccc(OCc3cccc(F)c3)cc2)c1O. The Bertz CT molecular complexity index is 958.